The van der Waals surface area contributed by atoms with Crippen LogP contribution in [0.1, 0.15) is 49.9 Å². The van der Waals surface area contributed by atoms with E-state index in [0.717, 1.165) is 16.9 Å². The van der Waals surface area contributed by atoms with Crippen molar-refractivity contribution in [3.63, 3.8) is 0 Å². The van der Waals surface area contributed by atoms with Crippen molar-refractivity contribution in [3.05, 3.63) is 54.0 Å². The standard InChI is InChI=1S/C22H26N4O2/c1-5-28-19-11-10-15(12-23-19)20(27)25-13-16(14-25)26-18-9-7-6-8-17(18)24-21(26)22(2,3)4/h6-12,16H,5,13-14H2,1-4H3. The van der Waals surface area contributed by atoms with Gasteiger partial charge in [-0.25, -0.2) is 9.97 Å². The third kappa shape index (κ3) is 3.23. The Morgan fingerprint density at radius 1 is 1.18 bits per heavy atom. The van der Waals surface area contributed by atoms with E-state index in [1.54, 1.807) is 18.3 Å². The lowest BCUT2D eigenvalue weighted by Gasteiger charge is -2.41. The van der Waals surface area contributed by atoms with Gasteiger partial charge in [0.1, 0.15) is 5.82 Å². The molecule has 0 spiro atoms. The van der Waals surface area contributed by atoms with Gasteiger partial charge in [-0.1, -0.05) is 32.9 Å². The maximum Gasteiger partial charge on any atom is 0.255 e. The predicted molar refractivity (Wildman–Crippen MR) is 109 cm³/mol. The Balaban J connectivity index is 1.54. The van der Waals surface area contributed by atoms with Crippen LogP contribution in [0, 0.1) is 0 Å². The average Bonchev–Trinajstić information content (AvgIpc) is 3.01. The van der Waals surface area contributed by atoms with E-state index in [-0.39, 0.29) is 17.4 Å². The first-order valence-corrected chi connectivity index (χ1v) is 9.74. The summed E-state index contributed by atoms with van der Waals surface area (Å²) < 4.78 is 7.66. The van der Waals surface area contributed by atoms with Gasteiger partial charge in [-0.15, -0.1) is 0 Å². The number of ether oxygens (including phenoxy) is 1. The van der Waals surface area contributed by atoms with Crippen molar-refractivity contribution >= 4 is 16.9 Å². The Bertz CT molecular complexity index is 996. The molecule has 1 saturated heterocycles. The van der Waals surface area contributed by atoms with Gasteiger partial charge >= 0.3 is 0 Å². The number of amides is 1. The summed E-state index contributed by atoms with van der Waals surface area (Å²) in [6.45, 7) is 10.4. The summed E-state index contributed by atoms with van der Waals surface area (Å²) in [6, 6.07) is 12.0. The molecule has 1 fully saturated rings. The molecule has 3 aromatic rings. The Kier molecular flexibility index (Phi) is 4.57. The molecule has 0 saturated carbocycles. The molecule has 0 unspecified atom stereocenters. The number of para-hydroxylation sites is 2. The van der Waals surface area contributed by atoms with Crippen molar-refractivity contribution in [1.29, 1.82) is 0 Å². The van der Waals surface area contributed by atoms with Gasteiger partial charge in [0.2, 0.25) is 5.88 Å². The molecule has 1 aliphatic heterocycles. The first-order valence-electron chi connectivity index (χ1n) is 9.74. The molecule has 0 aliphatic carbocycles. The Hall–Kier alpha value is -2.89. The Morgan fingerprint density at radius 2 is 1.93 bits per heavy atom. The van der Waals surface area contributed by atoms with Crippen LogP contribution >= 0.6 is 0 Å². The summed E-state index contributed by atoms with van der Waals surface area (Å²) in [5.74, 6) is 1.61. The van der Waals surface area contributed by atoms with Crippen LogP contribution in [0.2, 0.25) is 0 Å². The molecule has 28 heavy (non-hydrogen) atoms. The minimum absolute atomic E-state index is 0.00790. The quantitative estimate of drug-likeness (QED) is 0.692. The SMILES string of the molecule is CCOc1ccc(C(=O)N2CC(n3c(C(C)(C)C)nc4ccccc43)C2)cn1. The Labute approximate surface area is 165 Å². The number of aromatic nitrogens is 3. The number of benzene rings is 1. The summed E-state index contributed by atoms with van der Waals surface area (Å²) in [7, 11) is 0. The molecule has 1 aromatic carbocycles. The number of likely N-dealkylation sites (tertiary alicyclic amines) is 1. The lowest BCUT2D eigenvalue weighted by Crippen LogP contribution is -2.51. The monoisotopic (exact) mass is 378 g/mol. The zero-order valence-electron chi connectivity index (χ0n) is 16.8. The zero-order valence-corrected chi connectivity index (χ0v) is 16.8. The van der Waals surface area contributed by atoms with Gasteiger partial charge in [0.15, 0.2) is 0 Å². The van der Waals surface area contributed by atoms with Gasteiger partial charge in [0.05, 0.1) is 29.2 Å². The largest absolute Gasteiger partial charge is 0.478 e. The molecule has 4 rings (SSSR count). The summed E-state index contributed by atoms with van der Waals surface area (Å²) in [5.41, 5.74) is 2.66. The fraction of sp³-hybridized carbons (Fsp3) is 0.409. The molecule has 6 heteroatoms. The van der Waals surface area contributed by atoms with Gasteiger partial charge in [-0.05, 0) is 25.1 Å². The van der Waals surface area contributed by atoms with Gasteiger partial charge < -0.3 is 14.2 Å². The molecule has 1 aliphatic rings. The van der Waals surface area contributed by atoms with Crippen molar-refractivity contribution in [1.82, 2.24) is 19.4 Å². The highest BCUT2D eigenvalue weighted by Crippen LogP contribution is 2.33. The predicted octanol–water partition coefficient (Wildman–Crippen LogP) is 3.82. The lowest BCUT2D eigenvalue weighted by molar-refractivity contribution is 0.0518. The molecule has 0 atom stereocenters. The number of hydrogen-bond acceptors (Lipinski definition) is 4. The number of hydrogen-bond donors (Lipinski definition) is 0. The van der Waals surface area contributed by atoms with Crippen LogP contribution < -0.4 is 4.74 Å². The number of nitrogens with zero attached hydrogens (tertiary/aromatic N) is 4. The van der Waals surface area contributed by atoms with Crippen LogP contribution in [0.5, 0.6) is 5.88 Å². The van der Waals surface area contributed by atoms with Gasteiger partial charge in [-0.2, -0.15) is 0 Å². The second-order valence-corrected chi connectivity index (χ2v) is 8.23. The zero-order chi connectivity index (χ0) is 19.9. The van der Waals surface area contributed by atoms with Crippen LogP contribution in [0.4, 0.5) is 0 Å². The number of fused-ring (bicyclic) bond motifs is 1. The molecule has 0 radical (unpaired) electrons. The summed E-state index contributed by atoms with van der Waals surface area (Å²) in [4.78, 5) is 23.7. The third-order valence-electron chi connectivity index (χ3n) is 5.06. The fourth-order valence-corrected chi connectivity index (χ4v) is 3.65. The third-order valence-corrected chi connectivity index (χ3v) is 5.06. The minimum Gasteiger partial charge on any atom is -0.478 e. The van der Waals surface area contributed by atoms with Crippen LogP contribution in [-0.2, 0) is 5.41 Å². The van der Waals surface area contributed by atoms with Crippen molar-refractivity contribution in [2.45, 2.75) is 39.2 Å². The van der Waals surface area contributed by atoms with E-state index in [0.29, 0.717) is 31.1 Å². The minimum atomic E-state index is -0.0670. The van der Waals surface area contributed by atoms with Crippen LogP contribution in [0.25, 0.3) is 11.0 Å². The van der Waals surface area contributed by atoms with Crippen LogP contribution in [0.3, 0.4) is 0 Å². The Morgan fingerprint density at radius 3 is 2.57 bits per heavy atom. The summed E-state index contributed by atoms with van der Waals surface area (Å²) in [6.07, 6.45) is 1.59. The van der Waals surface area contributed by atoms with Crippen molar-refractivity contribution < 1.29 is 9.53 Å². The highest BCUT2D eigenvalue weighted by Gasteiger charge is 2.36. The molecule has 0 N–H and O–H groups in total. The maximum atomic E-state index is 12.8. The van der Waals surface area contributed by atoms with E-state index in [2.05, 4.69) is 36.4 Å². The molecule has 3 heterocycles. The fourth-order valence-electron chi connectivity index (χ4n) is 3.65. The first-order chi connectivity index (χ1) is 13.4. The summed E-state index contributed by atoms with van der Waals surface area (Å²) >= 11 is 0. The number of carbonyl (C=O) groups is 1. The highest BCUT2D eigenvalue weighted by atomic mass is 16.5. The number of carbonyl (C=O) groups excluding carboxylic acids is 1. The molecule has 2 aromatic heterocycles. The van der Waals surface area contributed by atoms with Gasteiger partial charge in [0.25, 0.3) is 5.91 Å². The molecule has 146 valence electrons. The van der Waals surface area contributed by atoms with E-state index in [1.807, 2.05) is 30.0 Å². The number of rotatable bonds is 4. The van der Waals surface area contributed by atoms with Crippen molar-refractivity contribution in [2.75, 3.05) is 19.7 Å². The highest BCUT2D eigenvalue weighted by molar-refractivity contribution is 5.94. The van der Waals surface area contributed by atoms with E-state index >= 15 is 0 Å². The smallest absolute Gasteiger partial charge is 0.255 e. The lowest BCUT2D eigenvalue weighted by atomic mass is 9.94. The molecular weight excluding hydrogens is 352 g/mol. The van der Waals surface area contributed by atoms with E-state index < -0.39 is 0 Å². The topological polar surface area (TPSA) is 60.2 Å². The first kappa shape index (κ1) is 18.5. The van der Waals surface area contributed by atoms with Crippen molar-refractivity contribution in [3.8, 4) is 5.88 Å². The van der Waals surface area contributed by atoms with Crippen LogP contribution in [0.15, 0.2) is 42.6 Å². The normalized spacial score (nSPS) is 14.9. The average molecular weight is 378 g/mol. The van der Waals surface area contributed by atoms with Crippen molar-refractivity contribution in [2.24, 2.45) is 0 Å². The van der Waals surface area contributed by atoms with Gasteiger partial charge in [0, 0.05) is 30.8 Å². The second-order valence-electron chi connectivity index (χ2n) is 8.23. The number of imidazole rings is 1. The van der Waals surface area contributed by atoms with E-state index in [4.69, 9.17) is 9.72 Å². The number of pyridine rings is 1. The summed E-state index contributed by atoms with van der Waals surface area (Å²) in [5, 5.41) is 0. The van der Waals surface area contributed by atoms with E-state index in [1.165, 1.54) is 0 Å². The molecule has 6 nitrogen and oxygen atoms in total. The van der Waals surface area contributed by atoms with Crippen LogP contribution in [-0.4, -0.2) is 45.0 Å². The molecule has 1 amide bonds. The van der Waals surface area contributed by atoms with Gasteiger partial charge in [-0.3, -0.25) is 4.79 Å². The van der Waals surface area contributed by atoms with E-state index in [9.17, 15) is 4.79 Å². The molecular formula is C22H26N4O2. The maximum absolute atomic E-state index is 12.8. The second kappa shape index (κ2) is 6.93. The molecule has 0 bridgehead atoms.